The number of hydrogen-bond acceptors (Lipinski definition) is 8. The summed E-state index contributed by atoms with van der Waals surface area (Å²) in [5, 5.41) is 21.6. The molecule has 10 rings (SSSR count). The summed E-state index contributed by atoms with van der Waals surface area (Å²) in [6.45, 7) is 1.27. The zero-order chi connectivity index (χ0) is 38.2. The van der Waals surface area contributed by atoms with Gasteiger partial charge in [0.25, 0.3) is 0 Å². The number of nitrogens with one attached hydrogen (secondary N) is 4. The van der Waals surface area contributed by atoms with Crippen LogP contribution in [0.4, 0.5) is 23.0 Å². The number of nitrogens with zero attached hydrogens (tertiary/aromatic N) is 6. The van der Waals surface area contributed by atoms with Crippen LogP contribution in [0.1, 0.15) is 53.6 Å². The SMILES string of the molecule is O=C1Cc2cc(CNc3cc(-c4ccccc4)nc4c(Br)cnn34)ccc2N1.O=C1Cc2cc(CNc3cc(C4=CCCCC4)nc4c(Br)cnn34)ccc2N1. The van der Waals surface area contributed by atoms with Crippen molar-refractivity contribution in [3.05, 3.63) is 134 Å². The van der Waals surface area contributed by atoms with Crippen LogP contribution in [0.15, 0.2) is 106 Å². The number of anilines is 4. The fraction of sp³-hybridized carbons (Fsp3) is 0.190. The maximum absolute atomic E-state index is 11.6. The lowest BCUT2D eigenvalue weighted by molar-refractivity contribution is -0.115. The third kappa shape index (κ3) is 7.41. The molecule has 1 aliphatic carbocycles. The molecule has 0 saturated heterocycles. The van der Waals surface area contributed by atoms with Crippen LogP contribution in [0.25, 0.3) is 28.1 Å². The Hall–Kier alpha value is -5.86. The van der Waals surface area contributed by atoms with Crippen LogP contribution >= 0.6 is 31.9 Å². The molecule has 0 fully saturated rings. The number of aromatic nitrogens is 6. The van der Waals surface area contributed by atoms with Crippen molar-refractivity contribution in [2.75, 3.05) is 21.3 Å². The van der Waals surface area contributed by atoms with Gasteiger partial charge in [0.05, 0.1) is 45.6 Å². The molecule has 2 amide bonds. The van der Waals surface area contributed by atoms with Crippen LogP contribution in [0.3, 0.4) is 0 Å². The zero-order valence-electron chi connectivity index (χ0n) is 30.2. The lowest BCUT2D eigenvalue weighted by atomic mass is 9.97. The van der Waals surface area contributed by atoms with Crippen LogP contribution in [-0.2, 0) is 35.5 Å². The molecule has 14 heteroatoms. The Morgan fingerprint density at radius 2 is 1.21 bits per heavy atom. The molecule has 0 saturated carbocycles. The third-order valence-electron chi connectivity index (χ3n) is 10.1. The van der Waals surface area contributed by atoms with E-state index in [4.69, 9.17) is 9.97 Å². The van der Waals surface area contributed by atoms with Crippen molar-refractivity contribution in [1.29, 1.82) is 0 Å². The Morgan fingerprint density at radius 3 is 1.77 bits per heavy atom. The first kappa shape index (κ1) is 35.8. The molecule has 0 unspecified atom stereocenters. The molecule has 280 valence electrons. The van der Waals surface area contributed by atoms with Crippen molar-refractivity contribution in [3.8, 4) is 11.3 Å². The van der Waals surface area contributed by atoms with E-state index < -0.39 is 0 Å². The molecule has 0 spiro atoms. The van der Waals surface area contributed by atoms with Crippen molar-refractivity contribution >= 4 is 83.6 Å². The minimum absolute atomic E-state index is 0.0462. The smallest absolute Gasteiger partial charge is 0.228 e. The number of fused-ring (bicyclic) bond motifs is 4. The summed E-state index contributed by atoms with van der Waals surface area (Å²) in [7, 11) is 0. The summed E-state index contributed by atoms with van der Waals surface area (Å²) in [5.74, 6) is 1.86. The van der Waals surface area contributed by atoms with Gasteiger partial charge in [0, 0.05) is 42.2 Å². The second kappa shape index (κ2) is 15.3. The van der Waals surface area contributed by atoms with E-state index >= 15 is 0 Å². The van der Waals surface area contributed by atoms with Crippen molar-refractivity contribution in [2.45, 2.75) is 51.6 Å². The minimum atomic E-state index is 0.0462. The largest absolute Gasteiger partial charge is 0.366 e. The molecule has 4 aromatic heterocycles. The van der Waals surface area contributed by atoms with Gasteiger partial charge < -0.3 is 21.3 Å². The monoisotopic (exact) mass is 870 g/mol. The van der Waals surface area contributed by atoms with Crippen molar-refractivity contribution in [1.82, 2.24) is 29.2 Å². The Labute approximate surface area is 339 Å². The van der Waals surface area contributed by atoms with Crippen LogP contribution in [0.5, 0.6) is 0 Å². The molecule has 7 aromatic rings. The first-order chi connectivity index (χ1) is 27.3. The number of hydrogen-bond donors (Lipinski definition) is 4. The quantitative estimate of drug-likeness (QED) is 0.119. The number of amides is 2. The second-order valence-electron chi connectivity index (χ2n) is 14.0. The number of benzene rings is 3. The van der Waals surface area contributed by atoms with Gasteiger partial charge in [0.2, 0.25) is 11.8 Å². The predicted molar refractivity (Wildman–Crippen MR) is 225 cm³/mol. The fourth-order valence-corrected chi connectivity index (χ4v) is 7.98. The fourth-order valence-electron chi connectivity index (χ4n) is 7.29. The normalized spacial score (nSPS) is 14.4. The first-order valence-corrected chi connectivity index (χ1v) is 20.1. The van der Waals surface area contributed by atoms with Crippen LogP contribution in [0, 0.1) is 0 Å². The lowest BCUT2D eigenvalue weighted by Crippen LogP contribution is -2.08. The second-order valence-corrected chi connectivity index (χ2v) is 15.7. The molecule has 3 aromatic carbocycles. The maximum Gasteiger partial charge on any atom is 0.228 e. The highest BCUT2D eigenvalue weighted by Crippen LogP contribution is 2.31. The zero-order valence-corrected chi connectivity index (χ0v) is 33.3. The number of halogens is 2. The van der Waals surface area contributed by atoms with Gasteiger partial charge in [0.1, 0.15) is 11.6 Å². The van der Waals surface area contributed by atoms with E-state index in [0.717, 1.165) is 95.3 Å². The van der Waals surface area contributed by atoms with E-state index in [2.05, 4.69) is 87.6 Å². The number of carbonyl (C=O) groups is 2. The maximum atomic E-state index is 11.6. The van der Waals surface area contributed by atoms with Gasteiger partial charge in [-0.3, -0.25) is 9.59 Å². The summed E-state index contributed by atoms with van der Waals surface area (Å²) in [4.78, 5) is 32.7. The summed E-state index contributed by atoms with van der Waals surface area (Å²) in [5.41, 5.74) is 12.0. The van der Waals surface area contributed by atoms with E-state index in [1.54, 1.807) is 16.9 Å². The predicted octanol–water partition coefficient (Wildman–Crippen LogP) is 8.82. The minimum Gasteiger partial charge on any atom is -0.366 e. The molecule has 12 nitrogen and oxygen atoms in total. The number of carbonyl (C=O) groups excluding carboxylic acids is 2. The van der Waals surface area contributed by atoms with Gasteiger partial charge in [-0.1, -0.05) is 60.7 Å². The summed E-state index contributed by atoms with van der Waals surface area (Å²) in [6, 6.07) is 26.3. The molecule has 56 heavy (non-hydrogen) atoms. The molecule has 0 bridgehead atoms. The van der Waals surface area contributed by atoms with Gasteiger partial charge in [-0.2, -0.15) is 19.2 Å². The summed E-state index contributed by atoms with van der Waals surface area (Å²) in [6.07, 6.45) is 11.4. The number of allylic oxidation sites excluding steroid dienone is 2. The van der Waals surface area contributed by atoms with Gasteiger partial charge >= 0.3 is 0 Å². The molecular formula is C42H36Br2N10O2. The van der Waals surface area contributed by atoms with E-state index in [1.807, 2.05) is 65.2 Å². The highest BCUT2D eigenvalue weighted by molar-refractivity contribution is 9.11. The summed E-state index contributed by atoms with van der Waals surface area (Å²) < 4.78 is 5.34. The van der Waals surface area contributed by atoms with E-state index in [1.165, 1.54) is 18.4 Å². The summed E-state index contributed by atoms with van der Waals surface area (Å²) >= 11 is 7.09. The molecule has 6 heterocycles. The molecule has 3 aliphatic rings. The van der Waals surface area contributed by atoms with Crippen LogP contribution in [-0.4, -0.2) is 41.0 Å². The Balaban J connectivity index is 0.000000146. The third-order valence-corrected chi connectivity index (χ3v) is 11.2. The van der Waals surface area contributed by atoms with Crippen molar-refractivity contribution in [2.24, 2.45) is 0 Å². The molecule has 2 aliphatic heterocycles. The topological polar surface area (TPSA) is 143 Å². The van der Waals surface area contributed by atoms with Gasteiger partial charge in [-0.25, -0.2) is 9.97 Å². The van der Waals surface area contributed by atoms with Crippen LogP contribution in [0.2, 0.25) is 0 Å². The average Bonchev–Trinajstić information content (AvgIpc) is 4.00. The average molecular weight is 873 g/mol. The Kier molecular flexibility index (Phi) is 9.82. The highest BCUT2D eigenvalue weighted by atomic mass is 79.9. The highest BCUT2D eigenvalue weighted by Gasteiger charge is 2.20. The molecule has 0 atom stereocenters. The first-order valence-electron chi connectivity index (χ1n) is 18.5. The van der Waals surface area contributed by atoms with Gasteiger partial charge in [0.15, 0.2) is 11.3 Å². The number of rotatable bonds is 8. The van der Waals surface area contributed by atoms with Crippen molar-refractivity contribution < 1.29 is 9.59 Å². The van der Waals surface area contributed by atoms with Crippen LogP contribution < -0.4 is 21.3 Å². The van der Waals surface area contributed by atoms with Gasteiger partial charge in [-0.15, -0.1) is 0 Å². The van der Waals surface area contributed by atoms with E-state index in [-0.39, 0.29) is 11.8 Å². The molecular weight excluding hydrogens is 836 g/mol. The standard InChI is InChI=1S/C21H20BrN5O.C21H16BrN5O/c2*22-16-12-24-27-19(10-18(26-21(16)27)14-4-2-1-3-5-14)23-11-13-6-7-17-15(8-13)9-20(28)25-17/h4,6-8,10,12,23H,1-3,5,9,11H2,(H,25,28);1-8,10,12,23H,9,11H2,(H,25,28). The Bertz CT molecular complexity index is 2690. The molecule has 4 N–H and O–H groups in total. The molecule has 0 radical (unpaired) electrons. The van der Waals surface area contributed by atoms with Crippen molar-refractivity contribution in [3.63, 3.8) is 0 Å². The van der Waals surface area contributed by atoms with Gasteiger partial charge in [-0.05, 0) is 97.5 Å². The van der Waals surface area contributed by atoms with E-state index in [0.29, 0.717) is 25.9 Å². The lowest BCUT2D eigenvalue weighted by Gasteiger charge is -2.15. The Morgan fingerprint density at radius 1 is 0.661 bits per heavy atom. The van der Waals surface area contributed by atoms with E-state index in [9.17, 15) is 9.59 Å².